The number of hydrogen-bond donors (Lipinski definition) is 1. The van der Waals surface area contributed by atoms with Crippen LogP contribution in [0.2, 0.25) is 0 Å². The molecular weight excluding hydrogens is 188 g/mol. The minimum Gasteiger partial charge on any atom is -0.340 e. The van der Waals surface area contributed by atoms with Gasteiger partial charge in [-0.3, -0.25) is 4.79 Å². The van der Waals surface area contributed by atoms with Crippen LogP contribution in [0.25, 0.3) is 0 Å². The van der Waals surface area contributed by atoms with Crippen LogP contribution in [-0.2, 0) is 4.79 Å². The van der Waals surface area contributed by atoms with Gasteiger partial charge >= 0.3 is 0 Å². The molecule has 1 atom stereocenters. The van der Waals surface area contributed by atoms with E-state index in [1.807, 2.05) is 25.7 Å². The van der Waals surface area contributed by atoms with E-state index in [9.17, 15) is 4.79 Å². The second-order valence-electron chi connectivity index (χ2n) is 4.93. The van der Waals surface area contributed by atoms with Crippen molar-refractivity contribution in [2.45, 2.75) is 65.5 Å². The van der Waals surface area contributed by atoms with Crippen molar-refractivity contribution in [1.82, 2.24) is 4.90 Å². The lowest BCUT2D eigenvalue weighted by molar-refractivity contribution is -0.133. The van der Waals surface area contributed by atoms with E-state index < -0.39 is 0 Å². The Bertz CT molecular complexity index is 196. The summed E-state index contributed by atoms with van der Waals surface area (Å²) < 4.78 is 0. The van der Waals surface area contributed by atoms with Crippen molar-refractivity contribution in [3.63, 3.8) is 0 Å². The van der Waals surface area contributed by atoms with Crippen LogP contribution >= 0.6 is 0 Å². The Hall–Kier alpha value is -0.570. The molecule has 0 aliphatic heterocycles. The first-order valence-electron chi connectivity index (χ1n) is 5.90. The summed E-state index contributed by atoms with van der Waals surface area (Å²) in [6.45, 7) is 10.9. The molecule has 1 unspecified atom stereocenters. The van der Waals surface area contributed by atoms with E-state index in [-0.39, 0.29) is 11.4 Å². The normalized spacial score (nSPS) is 13.7. The zero-order valence-corrected chi connectivity index (χ0v) is 10.8. The highest BCUT2D eigenvalue weighted by molar-refractivity contribution is 5.76. The maximum absolute atomic E-state index is 11.9. The molecule has 0 radical (unpaired) electrons. The molecule has 15 heavy (non-hydrogen) atoms. The maximum atomic E-state index is 11.9. The molecule has 0 aromatic rings. The smallest absolute Gasteiger partial charge is 0.222 e. The number of nitrogens with zero attached hydrogens (tertiary/aromatic N) is 1. The molecule has 0 saturated heterocycles. The average molecular weight is 214 g/mol. The van der Waals surface area contributed by atoms with Crippen LogP contribution in [-0.4, -0.2) is 28.9 Å². The van der Waals surface area contributed by atoms with Crippen LogP contribution in [0, 0.1) is 0 Å². The largest absolute Gasteiger partial charge is 0.340 e. The van der Waals surface area contributed by atoms with Crippen LogP contribution in [0.3, 0.4) is 0 Å². The summed E-state index contributed by atoms with van der Waals surface area (Å²) in [7, 11) is 0. The molecule has 0 fully saturated rings. The summed E-state index contributed by atoms with van der Waals surface area (Å²) in [5.74, 6) is 0.227. The third kappa shape index (κ3) is 5.78. The summed E-state index contributed by atoms with van der Waals surface area (Å²) in [4.78, 5) is 13.8. The Kier molecular flexibility index (Phi) is 5.88. The van der Waals surface area contributed by atoms with Crippen molar-refractivity contribution in [2.24, 2.45) is 5.73 Å². The monoisotopic (exact) mass is 214 g/mol. The van der Waals surface area contributed by atoms with Crippen molar-refractivity contribution in [1.29, 1.82) is 0 Å². The van der Waals surface area contributed by atoms with Gasteiger partial charge in [0.2, 0.25) is 5.91 Å². The van der Waals surface area contributed by atoms with Crippen LogP contribution in [0.4, 0.5) is 0 Å². The van der Waals surface area contributed by atoms with Crippen molar-refractivity contribution in [2.75, 3.05) is 6.54 Å². The van der Waals surface area contributed by atoms with E-state index in [0.29, 0.717) is 12.5 Å². The van der Waals surface area contributed by atoms with Gasteiger partial charge in [0.1, 0.15) is 0 Å². The molecule has 0 spiro atoms. The fraction of sp³-hybridized carbons (Fsp3) is 0.917. The van der Waals surface area contributed by atoms with Gasteiger partial charge in [-0.05, 0) is 40.5 Å². The van der Waals surface area contributed by atoms with Gasteiger partial charge in [0.05, 0.1) is 0 Å². The van der Waals surface area contributed by atoms with E-state index in [2.05, 4.69) is 13.8 Å². The molecule has 0 heterocycles. The Morgan fingerprint density at radius 1 is 1.40 bits per heavy atom. The van der Waals surface area contributed by atoms with Crippen molar-refractivity contribution >= 4 is 5.91 Å². The molecular formula is C12H26N2O. The van der Waals surface area contributed by atoms with Gasteiger partial charge in [0.25, 0.3) is 0 Å². The Morgan fingerprint density at radius 3 is 2.27 bits per heavy atom. The summed E-state index contributed by atoms with van der Waals surface area (Å²) in [5, 5.41) is 0. The van der Waals surface area contributed by atoms with Crippen LogP contribution in [0.1, 0.15) is 53.9 Å². The highest BCUT2D eigenvalue weighted by Gasteiger charge is 2.19. The first kappa shape index (κ1) is 14.4. The van der Waals surface area contributed by atoms with E-state index in [0.717, 1.165) is 19.4 Å². The van der Waals surface area contributed by atoms with Gasteiger partial charge in [-0.15, -0.1) is 0 Å². The second kappa shape index (κ2) is 6.11. The quantitative estimate of drug-likeness (QED) is 0.736. The molecule has 0 aromatic carbocycles. The molecule has 0 aliphatic rings. The average Bonchev–Trinajstić information content (AvgIpc) is 2.14. The first-order chi connectivity index (χ1) is 6.81. The Labute approximate surface area is 94.0 Å². The van der Waals surface area contributed by atoms with Gasteiger partial charge in [-0.1, -0.05) is 6.92 Å². The first-order valence-corrected chi connectivity index (χ1v) is 5.90. The topological polar surface area (TPSA) is 46.3 Å². The molecule has 0 aliphatic carbocycles. The molecule has 0 aromatic heterocycles. The van der Waals surface area contributed by atoms with Crippen LogP contribution < -0.4 is 5.73 Å². The van der Waals surface area contributed by atoms with Crippen molar-refractivity contribution < 1.29 is 4.79 Å². The fourth-order valence-corrected chi connectivity index (χ4v) is 1.53. The number of nitrogens with two attached hydrogens (primary N) is 1. The molecule has 90 valence electrons. The predicted molar refractivity (Wildman–Crippen MR) is 64.6 cm³/mol. The van der Waals surface area contributed by atoms with Gasteiger partial charge < -0.3 is 10.6 Å². The Balaban J connectivity index is 4.17. The van der Waals surface area contributed by atoms with Crippen LogP contribution in [0.15, 0.2) is 0 Å². The standard InChI is InChI=1S/C12H26N2O/c1-6-10(3)14(7-2)11(15)8-9-12(4,5)13/h10H,6-9,13H2,1-5H3. The maximum Gasteiger partial charge on any atom is 0.222 e. The summed E-state index contributed by atoms with van der Waals surface area (Å²) in [5.41, 5.74) is 5.62. The lowest BCUT2D eigenvalue weighted by atomic mass is 9.99. The lowest BCUT2D eigenvalue weighted by Gasteiger charge is -2.28. The fourth-order valence-electron chi connectivity index (χ4n) is 1.53. The number of amides is 1. The zero-order chi connectivity index (χ0) is 12.1. The molecule has 3 nitrogen and oxygen atoms in total. The molecule has 3 heteroatoms. The third-order valence-corrected chi connectivity index (χ3v) is 2.77. The van der Waals surface area contributed by atoms with Gasteiger partial charge in [-0.2, -0.15) is 0 Å². The molecule has 0 rings (SSSR count). The number of rotatable bonds is 6. The van der Waals surface area contributed by atoms with Gasteiger partial charge in [0, 0.05) is 24.5 Å². The SMILES string of the molecule is CCC(C)N(CC)C(=O)CCC(C)(C)N. The highest BCUT2D eigenvalue weighted by Crippen LogP contribution is 2.11. The summed E-state index contributed by atoms with van der Waals surface area (Å²) >= 11 is 0. The number of carbonyl (C=O) groups excluding carboxylic acids is 1. The van der Waals surface area contributed by atoms with E-state index >= 15 is 0 Å². The van der Waals surface area contributed by atoms with Crippen molar-refractivity contribution in [3.8, 4) is 0 Å². The van der Waals surface area contributed by atoms with Gasteiger partial charge in [-0.25, -0.2) is 0 Å². The zero-order valence-electron chi connectivity index (χ0n) is 10.8. The van der Waals surface area contributed by atoms with E-state index in [4.69, 9.17) is 5.73 Å². The second-order valence-corrected chi connectivity index (χ2v) is 4.93. The van der Waals surface area contributed by atoms with Crippen molar-refractivity contribution in [3.05, 3.63) is 0 Å². The van der Waals surface area contributed by atoms with Crippen LogP contribution in [0.5, 0.6) is 0 Å². The predicted octanol–water partition coefficient (Wildman–Crippen LogP) is 2.15. The van der Waals surface area contributed by atoms with E-state index in [1.54, 1.807) is 0 Å². The number of hydrogen-bond acceptors (Lipinski definition) is 2. The van der Waals surface area contributed by atoms with Gasteiger partial charge in [0.15, 0.2) is 0 Å². The van der Waals surface area contributed by atoms with E-state index in [1.165, 1.54) is 0 Å². The highest BCUT2D eigenvalue weighted by atomic mass is 16.2. The minimum atomic E-state index is -0.246. The third-order valence-electron chi connectivity index (χ3n) is 2.77. The summed E-state index contributed by atoms with van der Waals surface area (Å²) in [6, 6.07) is 0.336. The molecule has 0 bridgehead atoms. The minimum absolute atomic E-state index is 0.227. The molecule has 1 amide bonds. The Morgan fingerprint density at radius 2 is 1.93 bits per heavy atom. The number of carbonyl (C=O) groups is 1. The molecule has 2 N–H and O–H groups in total. The summed E-state index contributed by atoms with van der Waals surface area (Å²) in [6.07, 6.45) is 2.31. The lowest BCUT2D eigenvalue weighted by Crippen LogP contribution is -2.40. The molecule has 0 saturated carbocycles.